The zero-order chi connectivity index (χ0) is 14.8. The largest absolute Gasteiger partial charge is 0.493 e. The van der Waals surface area contributed by atoms with Crippen LogP contribution in [0.3, 0.4) is 0 Å². The number of hydrogen-bond acceptors (Lipinski definition) is 4. The summed E-state index contributed by atoms with van der Waals surface area (Å²) in [7, 11) is 3.22. The molecular formula is C15H18BrNO3. The highest BCUT2D eigenvalue weighted by atomic mass is 79.9. The second-order valence-corrected chi connectivity index (χ2v) is 5.69. The zero-order valence-electron chi connectivity index (χ0n) is 12.0. The van der Waals surface area contributed by atoms with E-state index in [1.807, 2.05) is 6.07 Å². The highest BCUT2D eigenvalue weighted by Gasteiger charge is 2.44. The fourth-order valence-corrected chi connectivity index (χ4v) is 3.66. The molecule has 0 unspecified atom stereocenters. The molecule has 0 bridgehead atoms. The first kappa shape index (κ1) is 15.1. The second-order valence-electron chi connectivity index (χ2n) is 4.90. The van der Waals surface area contributed by atoms with Crippen LogP contribution in [0.4, 0.5) is 0 Å². The standard InChI is InChI=1S/C15H18BrNO3/c1-4-10-8-11(19-2)14(20-3)12(13(10)16)15(17-9-18)6-5-7-15/h8H,4-7H2,1-3H3. The number of ether oxygens (including phenoxy) is 2. The Labute approximate surface area is 127 Å². The molecule has 0 amide bonds. The highest BCUT2D eigenvalue weighted by Crippen LogP contribution is 2.54. The van der Waals surface area contributed by atoms with Gasteiger partial charge in [0.1, 0.15) is 5.54 Å². The van der Waals surface area contributed by atoms with E-state index in [4.69, 9.17) is 9.47 Å². The molecule has 1 aliphatic rings. The van der Waals surface area contributed by atoms with Crippen LogP contribution < -0.4 is 9.47 Å². The molecular weight excluding hydrogens is 322 g/mol. The highest BCUT2D eigenvalue weighted by molar-refractivity contribution is 9.10. The first-order valence-corrected chi connectivity index (χ1v) is 7.45. The molecule has 0 aromatic heterocycles. The summed E-state index contributed by atoms with van der Waals surface area (Å²) in [6.07, 6.45) is 5.27. The molecule has 0 N–H and O–H groups in total. The number of rotatable bonds is 5. The van der Waals surface area contributed by atoms with Crippen molar-refractivity contribution in [2.45, 2.75) is 38.1 Å². The van der Waals surface area contributed by atoms with Gasteiger partial charge in [-0.3, -0.25) is 0 Å². The molecule has 0 saturated heterocycles. The van der Waals surface area contributed by atoms with E-state index >= 15 is 0 Å². The Morgan fingerprint density at radius 1 is 1.40 bits per heavy atom. The molecule has 108 valence electrons. The summed E-state index contributed by atoms with van der Waals surface area (Å²) in [5.74, 6) is 1.32. The van der Waals surface area contributed by atoms with Crippen LogP contribution in [0.1, 0.15) is 37.3 Å². The molecule has 0 aliphatic heterocycles. The van der Waals surface area contributed by atoms with Crippen molar-refractivity contribution in [3.63, 3.8) is 0 Å². The third-order valence-electron chi connectivity index (χ3n) is 3.97. The van der Waals surface area contributed by atoms with Gasteiger partial charge in [-0.1, -0.05) is 6.92 Å². The minimum atomic E-state index is -0.523. The van der Waals surface area contributed by atoms with E-state index < -0.39 is 5.54 Å². The predicted molar refractivity (Wildman–Crippen MR) is 80.3 cm³/mol. The van der Waals surface area contributed by atoms with Crippen molar-refractivity contribution in [3.05, 3.63) is 21.7 Å². The molecule has 0 heterocycles. The lowest BCUT2D eigenvalue weighted by Crippen LogP contribution is -2.33. The van der Waals surface area contributed by atoms with Crippen molar-refractivity contribution in [1.29, 1.82) is 0 Å². The fourth-order valence-electron chi connectivity index (χ4n) is 2.71. The lowest BCUT2D eigenvalue weighted by Gasteiger charge is -2.39. The Bertz CT molecular complexity index is 561. The summed E-state index contributed by atoms with van der Waals surface area (Å²) < 4.78 is 11.9. The molecule has 1 aromatic rings. The van der Waals surface area contributed by atoms with Crippen LogP contribution in [0.2, 0.25) is 0 Å². The van der Waals surface area contributed by atoms with E-state index in [0.29, 0.717) is 11.5 Å². The van der Waals surface area contributed by atoms with Crippen LogP contribution in [0, 0.1) is 0 Å². The van der Waals surface area contributed by atoms with Crippen LogP contribution >= 0.6 is 15.9 Å². The minimum Gasteiger partial charge on any atom is -0.493 e. The number of hydrogen-bond donors (Lipinski definition) is 0. The molecule has 1 saturated carbocycles. The van der Waals surface area contributed by atoms with Gasteiger partial charge in [-0.15, -0.1) is 0 Å². The van der Waals surface area contributed by atoms with Gasteiger partial charge in [0.15, 0.2) is 11.5 Å². The van der Waals surface area contributed by atoms with Gasteiger partial charge in [-0.05, 0) is 53.2 Å². The Balaban J connectivity index is 2.74. The number of nitrogens with zero attached hydrogens (tertiary/aromatic N) is 1. The normalized spacial score (nSPS) is 16.0. The molecule has 2 rings (SSSR count). The van der Waals surface area contributed by atoms with Crippen LogP contribution in [-0.4, -0.2) is 20.3 Å². The zero-order valence-corrected chi connectivity index (χ0v) is 13.5. The quantitative estimate of drug-likeness (QED) is 0.606. The van der Waals surface area contributed by atoms with E-state index in [9.17, 15) is 4.79 Å². The van der Waals surface area contributed by atoms with Crippen LogP contribution in [0.5, 0.6) is 11.5 Å². The molecule has 0 atom stereocenters. The minimum absolute atomic E-state index is 0.523. The number of aryl methyl sites for hydroxylation is 1. The summed E-state index contributed by atoms with van der Waals surface area (Å²) in [5, 5.41) is 0. The number of carbonyl (C=O) groups excluding carboxylic acids is 1. The van der Waals surface area contributed by atoms with Gasteiger partial charge < -0.3 is 9.47 Å². The third-order valence-corrected chi connectivity index (χ3v) is 4.87. The fraction of sp³-hybridized carbons (Fsp3) is 0.533. The Hall–Kier alpha value is -1.32. The molecule has 1 aliphatic carbocycles. The monoisotopic (exact) mass is 339 g/mol. The molecule has 0 spiro atoms. The third kappa shape index (κ3) is 2.25. The predicted octanol–water partition coefficient (Wildman–Crippen LogP) is 3.74. The average molecular weight is 340 g/mol. The molecule has 20 heavy (non-hydrogen) atoms. The SMILES string of the molecule is CCc1cc(OC)c(OC)c(C2(N=C=O)CCC2)c1Br. The summed E-state index contributed by atoms with van der Waals surface area (Å²) in [6, 6.07) is 1.96. The van der Waals surface area contributed by atoms with Crippen molar-refractivity contribution < 1.29 is 14.3 Å². The van der Waals surface area contributed by atoms with Crippen LogP contribution in [0.25, 0.3) is 0 Å². The second kappa shape index (κ2) is 5.98. The van der Waals surface area contributed by atoms with Gasteiger partial charge in [0.25, 0.3) is 0 Å². The summed E-state index contributed by atoms with van der Waals surface area (Å²) in [5.41, 5.74) is 1.50. The van der Waals surface area contributed by atoms with Crippen molar-refractivity contribution in [2.24, 2.45) is 4.99 Å². The number of isocyanates is 1. The van der Waals surface area contributed by atoms with Crippen LogP contribution in [-0.2, 0) is 16.8 Å². The molecule has 1 fully saturated rings. The van der Waals surface area contributed by atoms with Crippen molar-refractivity contribution in [3.8, 4) is 11.5 Å². The average Bonchev–Trinajstić information content (AvgIpc) is 2.42. The number of halogens is 1. The maximum Gasteiger partial charge on any atom is 0.235 e. The Kier molecular flexibility index (Phi) is 4.51. The first-order valence-electron chi connectivity index (χ1n) is 6.66. The lowest BCUT2D eigenvalue weighted by molar-refractivity contribution is 0.241. The summed E-state index contributed by atoms with van der Waals surface area (Å²) in [6.45, 7) is 2.08. The smallest absolute Gasteiger partial charge is 0.235 e. The van der Waals surface area contributed by atoms with Crippen molar-refractivity contribution in [2.75, 3.05) is 14.2 Å². The number of benzene rings is 1. The van der Waals surface area contributed by atoms with Crippen molar-refractivity contribution >= 4 is 22.0 Å². The number of methoxy groups -OCH3 is 2. The first-order chi connectivity index (χ1) is 9.63. The van der Waals surface area contributed by atoms with E-state index in [1.54, 1.807) is 20.3 Å². The number of aliphatic imine (C=N–C) groups is 1. The summed E-state index contributed by atoms with van der Waals surface area (Å²) >= 11 is 3.65. The van der Waals surface area contributed by atoms with Gasteiger partial charge >= 0.3 is 0 Å². The van der Waals surface area contributed by atoms with Crippen LogP contribution in [0.15, 0.2) is 15.5 Å². The van der Waals surface area contributed by atoms with Gasteiger partial charge in [-0.2, -0.15) is 4.99 Å². The molecule has 4 nitrogen and oxygen atoms in total. The van der Waals surface area contributed by atoms with E-state index in [0.717, 1.165) is 41.3 Å². The molecule has 1 aromatic carbocycles. The van der Waals surface area contributed by atoms with E-state index in [1.165, 1.54) is 0 Å². The van der Waals surface area contributed by atoms with Gasteiger partial charge in [0, 0.05) is 10.0 Å². The molecule has 5 heteroatoms. The van der Waals surface area contributed by atoms with E-state index in [2.05, 4.69) is 27.8 Å². The van der Waals surface area contributed by atoms with Gasteiger partial charge in [0.2, 0.25) is 6.08 Å². The topological polar surface area (TPSA) is 47.9 Å². The Morgan fingerprint density at radius 2 is 2.10 bits per heavy atom. The summed E-state index contributed by atoms with van der Waals surface area (Å²) in [4.78, 5) is 14.9. The van der Waals surface area contributed by atoms with Gasteiger partial charge in [0.05, 0.1) is 14.2 Å². The van der Waals surface area contributed by atoms with Crippen molar-refractivity contribution in [1.82, 2.24) is 0 Å². The Morgan fingerprint density at radius 3 is 2.50 bits per heavy atom. The molecule has 0 radical (unpaired) electrons. The van der Waals surface area contributed by atoms with E-state index in [-0.39, 0.29) is 0 Å². The lowest BCUT2D eigenvalue weighted by atomic mass is 9.71. The van der Waals surface area contributed by atoms with Gasteiger partial charge in [-0.25, -0.2) is 4.79 Å². The maximum absolute atomic E-state index is 10.8. The maximum atomic E-state index is 10.8.